The Kier molecular flexibility index (Phi) is 4.30. The first-order valence-corrected chi connectivity index (χ1v) is 9.57. The van der Waals surface area contributed by atoms with Crippen LogP contribution in [0.2, 0.25) is 0 Å². The second kappa shape index (κ2) is 6.47. The smallest absolute Gasteiger partial charge is 0.316 e. The number of hydrogen-bond acceptors (Lipinski definition) is 3. The predicted molar refractivity (Wildman–Crippen MR) is 94.9 cm³/mol. The van der Waals surface area contributed by atoms with E-state index in [4.69, 9.17) is 4.74 Å². The maximum Gasteiger partial charge on any atom is 0.316 e. The van der Waals surface area contributed by atoms with E-state index in [-0.39, 0.29) is 11.9 Å². The highest BCUT2D eigenvalue weighted by Gasteiger charge is 2.48. The molecule has 3 aliphatic rings. The average molecular weight is 341 g/mol. The van der Waals surface area contributed by atoms with E-state index in [1.165, 1.54) is 26.4 Å². The molecule has 3 atom stereocenters. The number of benzene rings is 1. The molecule has 1 aromatic rings. The van der Waals surface area contributed by atoms with E-state index in [0.717, 1.165) is 17.9 Å². The number of nitrogens with zero attached hydrogens (tertiary/aromatic N) is 1. The molecule has 2 saturated carbocycles. The van der Waals surface area contributed by atoms with Gasteiger partial charge in [-0.15, -0.1) is 0 Å². The number of ether oxygens (including phenoxy) is 1. The van der Waals surface area contributed by atoms with Crippen LogP contribution in [0.3, 0.4) is 0 Å². The highest BCUT2D eigenvalue weighted by Crippen LogP contribution is 2.49. The summed E-state index contributed by atoms with van der Waals surface area (Å²) in [6, 6.07) is 9.90. The van der Waals surface area contributed by atoms with Crippen molar-refractivity contribution in [3.8, 4) is 0 Å². The SMILES string of the molecule is COC(=O)C1(c2ccccc2)CCN(C(=O)[C@@H]2C[C@H]3CC[C@H]2C3)CC1. The van der Waals surface area contributed by atoms with Gasteiger partial charge in [0.15, 0.2) is 0 Å². The zero-order valence-electron chi connectivity index (χ0n) is 14.9. The van der Waals surface area contributed by atoms with Gasteiger partial charge in [0, 0.05) is 19.0 Å². The molecule has 2 aliphatic carbocycles. The number of fused-ring (bicyclic) bond motifs is 2. The van der Waals surface area contributed by atoms with Crippen molar-refractivity contribution < 1.29 is 14.3 Å². The van der Waals surface area contributed by atoms with Crippen LogP contribution in [0.1, 0.15) is 44.1 Å². The molecule has 1 heterocycles. The second-order valence-corrected chi connectivity index (χ2v) is 8.05. The Labute approximate surface area is 149 Å². The van der Waals surface area contributed by atoms with Crippen molar-refractivity contribution in [3.63, 3.8) is 0 Å². The minimum atomic E-state index is -0.610. The van der Waals surface area contributed by atoms with Crippen LogP contribution in [0, 0.1) is 17.8 Å². The van der Waals surface area contributed by atoms with Crippen LogP contribution in [-0.4, -0.2) is 37.0 Å². The van der Waals surface area contributed by atoms with E-state index < -0.39 is 5.41 Å². The number of amides is 1. The second-order valence-electron chi connectivity index (χ2n) is 8.05. The largest absolute Gasteiger partial charge is 0.468 e. The highest BCUT2D eigenvalue weighted by atomic mass is 16.5. The normalized spacial score (nSPS) is 30.3. The molecule has 4 rings (SSSR count). The van der Waals surface area contributed by atoms with Gasteiger partial charge in [-0.1, -0.05) is 36.8 Å². The zero-order valence-corrected chi connectivity index (χ0v) is 14.9. The Morgan fingerprint density at radius 1 is 1.08 bits per heavy atom. The molecule has 2 bridgehead atoms. The minimum Gasteiger partial charge on any atom is -0.468 e. The molecular formula is C21H27NO3. The van der Waals surface area contributed by atoms with E-state index in [9.17, 15) is 9.59 Å². The molecule has 4 nitrogen and oxygen atoms in total. The van der Waals surface area contributed by atoms with Crippen molar-refractivity contribution in [3.05, 3.63) is 35.9 Å². The van der Waals surface area contributed by atoms with Gasteiger partial charge in [-0.05, 0) is 49.5 Å². The first kappa shape index (κ1) is 16.6. The summed E-state index contributed by atoms with van der Waals surface area (Å²) in [7, 11) is 1.46. The Bertz CT molecular complexity index is 648. The standard InChI is InChI=1S/C21H27NO3/c1-25-20(24)21(17-5-3-2-4-6-17)9-11-22(12-10-21)19(23)18-14-15-7-8-16(18)13-15/h2-6,15-16,18H,7-14H2,1H3/t15-,16-,18+/m0/s1. The molecule has 25 heavy (non-hydrogen) atoms. The highest BCUT2D eigenvalue weighted by molar-refractivity contribution is 5.84. The van der Waals surface area contributed by atoms with Gasteiger partial charge in [-0.3, -0.25) is 9.59 Å². The first-order valence-electron chi connectivity index (χ1n) is 9.57. The van der Waals surface area contributed by atoms with Gasteiger partial charge < -0.3 is 9.64 Å². The maximum atomic E-state index is 13.0. The summed E-state index contributed by atoms with van der Waals surface area (Å²) in [6.07, 6.45) is 6.17. The van der Waals surface area contributed by atoms with Crippen LogP contribution in [0.5, 0.6) is 0 Å². The lowest BCUT2D eigenvalue weighted by Gasteiger charge is -2.41. The molecule has 0 aromatic heterocycles. The maximum absolute atomic E-state index is 13.0. The number of piperidine rings is 1. The summed E-state index contributed by atoms with van der Waals surface area (Å²) in [5.74, 6) is 1.78. The Balaban J connectivity index is 1.49. The number of esters is 1. The van der Waals surface area contributed by atoms with Crippen LogP contribution in [-0.2, 0) is 19.7 Å². The van der Waals surface area contributed by atoms with Crippen molar-refractivity contribution in [2.24, 2.45) is 17.8 Å². The molecule has 0 spiro atoms. The Morgan fingerprint density at radius 3 is 2.36 bits per heavy atom. The van der Waals surface area contributed by atoms with Crippen molar-refractivity contribution in [2.45, 2.75) is 43.9 Å². The van der Waals surface area contributed by atoms with Crippen molar-refractivity contribution in [1.29, 1.82) is 0 Å². The number of carbonyl (C=O) groups excluding carboxylic acids is 2. The number of carbonyl (C=O) groups is 2. The third kappa shape index (κ3) is 2.76. The molecule has 1 saturated heterocycles. The zero-order chi connectivity index (χ0) is 17.4. The van der Waals surface area contributed by atoms with Gasteiger partial charge in [0.05, 0.1) is 12.5 Å². The molecule has 1 aliphatic heterocycles. The van der Waals surface area contributed by atoms with E-state index in [1.54, 1.807) is 0 Å². The third-order valence-corrected chi connectivity index (χ3v) is 6.89. The quantitative estimate of drug-likeness (QED) is 0.794. The van der Waals surface area contributed by atoms with Crippen LogP contribution < -0.4 is 0 Å². The predicted octanol–water partition coefficient (Wildman–Crippen LogP) is 3.16. The molecular weight excluding hydrogens is 314 g/mol. The fourth-order valence-electron chi connectivity index (χ4n) is 5.45. The van der Waals surface area contributed by atoms with Crippen LogP contribution in [0.4, 0.5) is 0 Å². The third-order valence-electron chi connectivity index (χ3n) is 6.89. The van der Waals surface area contributed by atoms with E-state index in [2.05, 4.69) is 0 Å². The first-order chi connectivity index (χ1) is 12.1. The van der Waals surface area contributed by atoms with Gasteiger partial charge in [-0.25, -0.2) is 0 Å². The lowest BCUT2D eigenvalue weighted by molar-refractivity contribution is -0.152. The average Bonchev–Trinajstić information content (AvgIpc) is 3.31. The van der Waals surface area contributed by atoms with E-state index in [1.807, 2.05) is 35.2 Å². The monoisotopic (exact) mass is 341 g/mol. The summed E-state index contributed by atoms with van der Waals surface area (Å²) in [5, 5.41) is 0. The molecule has 0 N–H and O–H groups in total. The van der Waals surface area contributed by atoms with Crippen LogP contribution >= 0.6 is 0 Å². The van der Waals surface area contributed by atoms with E-state index in [0.29, 0.717) is 37.8 Å². The van der Waals surface area contributed by atoms with Crippen LogP contribution in [0.15, 0.2) is 30.3 Å². The van der Waals surface area contributed by atoms with Crippen molar-refractivity contribution in [2.75, 3.05) is 20.2 Å². The molecule has 4 heteroatoms. The van der Waals surface area contributed by atoms with Crippen molar-refractivity contribution >= 4 is 11.9 Å². The summed E-state index contributed by atoms with van der Waals surface area (Å²) in [5.41, 5.74) is 0.399. The molecule has 134 valence electrons. The van der Waals surface area contributed by atoms with Gasteiger partial charge in [0.25, 0.3) is 0 Å². The summed E-state index contributed by atoms with van der Waals surface area (Å²) >= 11 is 0. The Hall–Kier alpha value is -1.84. The lowest BCUT2D eigenvalue weighted by atomic mass is 9.72. The number of methoxy groups -OCH3 is 1. The van der Waals surface area contributed by atoms with Gasteiger partial charge in [0.2, 0.25) is 5.91 Å². The molecule has 0 unspecified atom stereocenters. The summed E-state index contributed by atoms with van der Waals surface area (Å²) in [4.78, 5) is 27.6. The van der Waals surface area contributed by atoms with Gasteiger partial charge in [0.1, 0.15) is 0 Å². The topological polar surface area (TPSA) is 46.6 Å². The van der Waals surface area contributed by atoms with Gasteiger partial charge in [-0.2, -0.15) is 0 Å². The van der Waals surface area contributed by atoms with E-state index >= 15 is 0 Å². The molecule has 3 fully saturated rings. The van der Waals surface area contributed by atoms with Crippen molar-refractivity contribution in [1.82, 2.24) is 4.90 Å². The number of likely N-dealkylation sites (tertiary alicyclic amines) is 1. The molecule has 0 radical (unpaired) electrons. The lowest BCUT2D eigenvalue weighted by Crippen LogP contribution is -2.51. The van der Waals surface area contributed by atoms with Gasteiger partial charge >= 0.3 is 5.97 Å². The minimum absolute atomic E-state index is 0.175. The fourth-order valence-corrected chi connectivity index (χ4v) is 5.45. The molecule has 1 amide bonds. The number of rotatable bonds is 3. The Morgan fingerprint density at radius 2 is 1.80 bits per heavy atom. The number of hydrogen-bond donors (Lipinski definition) is 0. The summed E-state index contributed by atoms with van der Waals surface area (Å²) < 4.78 is 5.14. The fraction of sp³-hybridized carbons (Fsp3) is 0.619. The van der Waals surface area contributed by atoms with Crippen LogP contribution in [0.25, 0.3) is 0 Å². The molecule has 1 aromatic carbocycles. The summed E-state index contributed by atoms with van der Waals surface area (Å²) in [6.45, 7) is 1.30.